The van der Waals surface area contributed by atoms with Crippen molar-refractivity contribution in [3.8, 4) is 5.75 Å². The summed E-state index contributed by atoms with van der Waals surface area (Å²) in [4.78, 5) is 14.3. The van der Waals surface area contributed by atoms with Crippen LogP contribution in [-0.4, -0.2) is 36.7 Å². The van der Waals surface area contributed by atoms with Crippen molar-refractivity contribution in [2.24, 2.45) is 0 Å². The molecule has 2 aromatic carbocycles. The van der Waals surface area contributed by atoms with Crippen molar-refractivity contribution < 1.29 is 9.53 Å². The summed E-state index contributed by atoms with van der Waals surface area (Å²) >= 11 is 0. The molecule has 4 heteroatoms. The van der Waals surface area contributed by atoms with Gasteiger partial charge in [-0.15, -0.1) is 0 Å². The molecule has 0 atom stereocenters. The van der Waals surface area contributed by atoms with E-state index >= 15 is 0 Å². The minimum Gasteiger partial charge on any atom is -0.490 e. The smallest absolute Gasteiger partial charge is 0.317 e. The number of carbonyl (C=O) groups excluding carboxylic acids is 1. The van der Waals surface area contributed by atoms with Crippen LogP contribution in [0.15, 0.2) is 42.5 Å². The Hall–Kier alpha value is -2.49. The Morgan fingerprint density at radius 1 is 1.07 bits per heavy atom. The Kier molecular flexibility index (Phi) is 6.38. The van der Waals surface area contributed by atoms with Gasteiger partial charge in [0.05, 0.1) is 0 Å². The molecule has 27 heavy (non-hydrogen) atoms. The molecule has 3 rings (SSSR count). The van der Waals surface area contributed by atoms with E-state index in [4.69, 9.17) is 4.74 Å². The molecule has 0 radical (unpaired) electrons. The van der Waals surface area contributed by atoms with Crippen LogP contribution < -0.4 is 10.1 Å². The maximum atomic E-state index is 12.4. The van der Waals surface area contributed by atoms with E-state index in [0.29, 0.717) is 6.54 Å². The molecule has 2 amide bonds. The molecule has 0 bridgehead atoms. The second-order valence-corrected chi connectivity index (χ2v) is 7.54. The van der Waals surface area contributed by atoms with Crippen LogP contribution in [0.1, 0.15) is 35.1 Å². The van der Waals surface area contributed by atoms with Crippen LogP contribution >= 0.6 is 0 Å². The Morgan fingerprint density at radius 2 is 1.81 bits per heavy atom. The number of nitrogens with one attached hydrogen (secondary N) is 1. The van der Waals surface area contributed by atoms with E-state index < -0.39 is 0 Å². The van der Waals surface area contributed by atoms with E-state index in [2.05, 4.69) is 68.6 Å². The number of hydrogen-bond acceptors (Lipinski definition) is 2. The highest BCUT2D eigenvalue weighted by Gasteiger charge is 2.24. The van der Waals surface area contributed by atoms with Gasteiger partial charge in [0, 0.05) is 32.5 Å². The number of carbonyl (C=O) groups is 1. The highest BCUT2D eigenvalue weighted by Crippen LogP contribution is 2.24. The number of benzene rings is 2. The molecular formula is C23H30N2O2. The normalized spacial score (nSPS) is 14.9. The van der Waals surface area contributed by atoms with Crippen LogP contribution in [0.3, 0.4) is 0 Å². The fraction of sp³-hybridized carbons (Fsp3) is 0.435. The van der Waals surface area contributed by atoms with E-state index in [1.54, 1.807) is 0 Å². The van der Waals surface area contributed by atoms with Crippen molar-refractivity contribution in [1.29, 1.82) is 0 Å². The third-order valence-electron chi connectivity index (χ3n) is 5.14. The number of piperidine rings is 1. The number of rotatable bonds is 5. The summed E-state index contributed by atoms with van der Waals surface area (Å²) in [5.41, 5.74) is 4.89. The average Bonchev–Trinajstić information content (AvgIpc) is 2.65. The number of nitrogens with zero attached hydrogens (tertiary/aromatic N) is 1. The lowest BCUT2D eigenvalue weighted by atomic mass is 10.1. The van der Waals surface area contributed by atoms with Crippen molar-refractivity contribution in [2.45, 2.75) is 46.1 Å². The third kappa shape index (κ3) is 5.49. The van der Waals surface area contributed by atoms with Crippen LogP contribution in [0.25, 0.3) is 0 Å². The summed E-state index contributed by atoms with van der Waals surface area (Å²) in [7, 11) is 0. The van der Waals surface area contributed by atoms with Crippen LogP contribution in [0.2, 0.25) is 0 Å². The van der Waals surface area contributed by atoms with Crippen molar-refractivity contribution in [2.75, 3.05) is 19.6 Å². The lowest BCUT2D eigenvalue weighted by Crippen LogP contribution is -2.46. The molecule has 1 fully saturated rings. The molecular weight excluding hydrogens is 336 g/mol. The average molecular weight is 367 g/mol. The first-order valence-corrected chi connectivity index (χ1v) is 9.83. The lowest BCUT2D eigenvalue weighted by Gasteiger charge is -2.32. The molecule has 4 nitrogen and oxygen atoms in total. The fourth-order valence-electron chi connectivity index (χ4n) is 3.48. The molecule has 1 N–H and O–H groups in total. The zero-order chi connectivity index (χ0) is 19.2. The lowest BCUT2D eigenvalue weighted by molar-refractivity contribution is 0.110. The maximum Gasteiger partial charge on any atom is 0.317 e. The van der Waals surface area contributed by atoms with E-state index in [1.807, 2.05) is 4.90 Å². The minimum absolute atomic E-state index is 0.0350. The fourth-order valence-corrected chi connectivity index (χ4v) is 3.48. The molecule has 144 valence electrons. The van der Waals surface area contributed by atoms with Gasteiger partial charge in [-0.3, -0.25) is 0 Å². The Morgan fingerprint density at radius 3 is 2.56 bits per heavy atom. The van der Waals surface area contributed by atoms with E-state index in [1.165, 1.54) is 16.7 Å². The standard InChI is InChI=1S/C23H30N2O2/c1-17-5-4-6-20(15-17)9-12-24-23(26)25-13-10-21(11-14-25)27-22-16-18(2)7-8-19(22)3/h4-8,15-16,21H,9-14H2,1-3H3,(H,24,26). The highest BCUT2D eigenvalue weighted by molar-refractivity contribution is 5.74. The SMILES string of the molecule is Cc1cccc(CCNC(=O)N2CCC(Oc3cc(C)ccc3C)CC2)c1. The second-order valence-electron chi connectivity index (χ2n) is 7.54. The number of amides is 2. The van der Waals surface area contributed by atoms with Crippen LogP contribution in [-0.2, 0) is 6.42 Å². The van der Waals surface area contributed by atoms with Gasteiger partial charge in [0.2, 0.25) is 0 Å². The predicted molar refractivity (Wildman–Crippen MR) is 109 cm³/mol. The van der Waals surface area contributed by atoms with E-state index in [-0.39, 0.29) is 12.1 Å². The highest BCUT2D eigenvalue weighted by atomic mass is 16.5. The first-order valence-electron chi connectivity index (χ1n) is 9.83. The van der Waals surface area contributed by atoms with Crippen LogP contribution in [0.5, 0.6) is 5.75 Å². The number of hydrogen-bond donors (Lipinski definition) is 1. The zero-order valence-corrected chi connectivity index (χ0v) is 16.6. The van der Waals surface area contributed by atoms with E-state index in [0.717, 1.165) is 43.7 Å². The Balaban J connectivity index is 1.42. The van der Waals surface area contributed by atoms with Gasteiger partial charge >= 0.3 is 6.03 Å². The van der Waals surface area contributed by atoms with Gasteiger partial charge in [-0.2, -0.15) is 0 Å². The van der Waals surface area contributed by atoms with E-state index in [9.17, 15) is 4.79 Å². The van der Waals surface area contributed by atoms with Gasteiger partial charge in [0.25, 0.3) is 0 Å². The molecule has 1 aliphatic heterocycles. The molecule has 0 aromatic heterocycles. The van der Waals surface area contributed by atoms with Gasteiger partial charge in [0.15, 0.2) is 0 Å². The molecule has 0 spiro atoms. The van der Waals surface area contributed by atoms with Crippen LogP contribution in [0.4, 0.5) is 4.79 Å². The van der Waals surface area contributed by atoms with Crippen molar-refractivity contribution in [3.05, 3.63) is 64.7 Å². The first-order chi connectivity index (χ1) is 13.0. The predicted octanol–water partition coefficient (Wildman–Crippen LogP) is 4.41. The van der Waals surface area contributed by atoms with Gasteiger partial charge in [-0.05, 0) is 49.9 Å². The number of aryl methyl sites for hydroxylation is 3. The summed E-state index contributed by atoms with van der Waals surface area (Å²) in [5, 5.41) is 3.05. The third-order valence-corrected chi connectivity index (χ3v) is 5.14. The topological polar surface area (TPSA) is 41.6 Å². The summed E-state index contributed by atoms with van der Waals surface area (Å²) < 4.78 is 6.19. The Labute approximate surface area is 162 Å². The van der Waals surface area contributed by atoms with Gasteiger partial charge < -0.3 is 15.0 Å². The molecule has 1 aliphatic rings. The van der Waals surface area contributed by atoms with Gasteiger partial charge in [0.1, 0.15) is 11.9 Å². The van der Waals surface area contributed by atoms with Crippen molar-refractivity contribution in [1.82, 2.24) is 10.2 Å². The summed E-state index contributed by atoms with van der Waals surface area (Å²) in [6.45, 7) is 8.40. The van der Waals surface area contributed by atoms with Gasteiger partial charge in [-0.1, -0.05) is 42.0 Å². The quantitative estimate of drug-likeness (QED) is 0.852. The van der Waals surface area contributed by atoms with Crippen LogP contribution in [0, 0.1) is 20.8 Å². The van der Waals surface area contributed by atoms with Gasteiger partial charge in [-0.25, -0.2) is 4.79 Å². The second kappa shape index (κ2) is 8.94. The Bertz CT molecular complexity index is 780. The summed E-state index contributed by atoms with van der Waals surface area (Å²) in [5.74, 6) is 0.969. The summed E-state index contributed by atoms with van der Waals surface area (Å²) in [6, 6.07) is 14.8. The molecule has 1 heterocycles. The van der Waals surface area contributed by atoms with Crippen molar-refractivity contribution >= 4 is 6.03 Å². The number of likely N-dealkylation sites (tertiary alicyclic amines) is 1. The maximum absolute atomic E-state index is 12.4. The molecule has 1 saturated heterocycles. The molecule has 2 aromatic rings. The minimum atomic E-state index is 0.0350. The number of urea groups is 1. The first kappa shape index (κ1) is 19.3. The number of ether oxygens (including phenoxy) is 1. The monoisotopic (exact) mass is 366 g/mol. The zero-order valence-electron chi connectivity index (χ0n) is 16.6. The molecule has 0 aliphatic carbocycles. The molecule has 0 unspecified atom stereocenters. The van der Waals surface area contributed by atoms with Crippen molar-refractivity contribution in [3.63, 3.8) is 0 Å². The largest absolute Gasteiger partial charge is 0.490 e. The molecule has 0 saturated carbocycles. The summed E-state index contributed by atoms with van der Waals surface area (Å²) in [6.07, 6.45) is 2.79.